The Labute approximate surface area is 215 Å². The van der Waals surface area contributed by atoms with Gasteiger partial charge in [0.15, 0.2) is 11.5 Å². The van der Waals surface area contributed by atoms with Crippen molar-refractivity contribution in [2.45, 2.75) is 45.6 Å². The number of carbonyl (C=O) groups is 1. The molecule has 13 nitrogen and oxygen atoms in total. The number of anilines is 1. The van der Waals surface area contributed by atoms with E-state index in [1.54, 1.807) is 55.9 Å². The first-order valence-electron chi connectivity index (χ1n) is 11.6. The molecule has 0 spiro atoms. The van der Waals surface area contributed by atoms with Gasteiger partial charge in [0.05, 0.1) is 38.8 Å². The standard InChI is InChI=1S/C23H33N6O7P/c1-15(2)35-23(30)19(11-32-4)28-37(31,36-18-8-6-17(33-5)7-9-18)14-34-16(3)10-29-13-27-20-21(24)25-12-26-22(20)29/h6-9,12-13,15-16,19H,10-11,14H2,1-5H3,(H,28,31)(H2,24,25,26)/t16-,19?,37?/m1/s1. The molecule has 0 aliphatic rings. The lowest BCUT2D eigenvalue weighted by molar-refractivity contribution is -0.150. The van der Waals surface area contributed by atoms with Gasteiger partial charge in [-0.3, -0.25) is 9.36 Å². The lowest BCUT2D eigenvalue weighted by Gasteiger charge is -2.26. The van der Waals surface area contributed by atoms with Gasteiger partial charge >= 0.3 is 13.5 Å². The molecule has 0 fully saturated rings. The SMILES string of the molecule is COCC(NP(=O)(CO[C@H](C)Cn1cnc2c(N)ncnc21)Oc1ccc(OC)cc1)C(=O)OC(C)C. The highest BCUT2D eigenvalue weighted by Gasteiger charge is 2.34. The molecule has 3 atom stereocenters. The van der Waals surface area contributed by atoms with Gasteiger partial charge in [0.25, 0.3) is 0 Å². The van der Waals surface area contributed by atoms with Crippen LogP contribution < -0.4 is 20.1 Å². The highest BCUT2D eigenvalue weighted by Crippen LogP contribution is 2.44. The minimum atomic E-state index is -3.81. The zero-order valence-corrected chi connectivity index (χ0v) is 22.4. The van der Waals surface area contributed by atoms with Crippen molar-refractivity contribution in [3.63, 3.8) is 0 Å². The molecular weight excluding hydrogens is 503 g/mol. The summed E-state index contributed by atoms with van der Waals surface area (Å²) in [6.45, 7) is 5.50. The van der Waals surface area contributed by atoms with Crippen molar-refractivity contribution in [1.82, 2.24) is 24.6 Å². The van der Waals surface area contributed by atoms with E-state index in [4.69, 9.17) is 29.2 Å². The number of nitrogens with one attached hydrogen (secondary N) is 1. The number of imidazole rings is 1. The number of hydrogen-bond donors (Lipinski definition) is 2. The zero-order chi connectivity index (χ0) is 27.0. The summed E-state index contributed by atoms with van der Waals surface area (Å²) >= 11 is 0. The quantitative estimate of drug-likeness (QED) is 0.229. The normalized spacial score (nSPS) is 14.8. The number of carbonyl (C=O) groups excluding carboxylic acids is 1. The Morgan fingerprint density at radius 3 is 2.46 bits per heavy atom. The van der Waals surface area contributed by atoms with Crippen LogP contribution in [0.5, 0.6) is 11.5 Å². The van der Waals surface area contributed by atoms with Crippen molar-refractivity contribution < 1.29 is 32.8 Å². The Bertz CT molecular complexity index is 1220. The molecule has 14 heteroatoms. The number of methoxy groups -OCH3 is 2. The maximum Gasteiger partial charge on any atom is 0.342 e. The smallest absolute Gasteiger partial charge is 0.342 e. The van der Waals surface area contributed by atoms with Crippen LogP contribution in [0.4, 0.5) is 5.82 Å². The zero-order valence-electron chi connectivity index (χ0n) is 21.5. The van der Waals surface area contributed by atoms with E-state index in [0.717, 1.165) is 0 Å². The van der Waals surface area contributed by atoms with Crippen molar-refractivity contribution >= 4 is 30.5 Å². The molecule has 3 N–H and O–H groups in total. The molecule has 2 unspecified atom stereocenters. The van der Waals surface area contributed by atoms with Gasteiger partial charge in [0, 0.05) is 7.11 Å². The molecule has 1 aromatic carbocycles. The third-order valence-corrected chi connectivity index (χ3v) is 6.75. The van der Waals surface area contributed by atoms with Gasteiger partial charge in [0.2, 0.25) is 0 Å². The highest BCUT2D eigenvalue weighted by molar-refractivity contribution is 7.57. The van der Waals surface area contributed by atoms with Crippen LogP contribution in [0.25, 0.3) is 11.2 Å². The number of nitrogens with two attached hydrogens (primary N) is 1. The molecule has 0 bridgehead atoms. The van der Waals surface area contributed by atoms with Crippen LogP contribution in [0.15, 0.2) is 36.9 Å². The Morgan fingerprint density at radius 2 is 1.81 bits per heavy atom. The van der Waals surface area contributed by atoms with Crippen molar-refractivity contribution in [3.8, 4) is 11.5 Å². The van der Waals surface area contributed by atoms with Crippen LogP contribution in [0, 0.1) is 0 Å². The molecule has 37 heavy (non-hydrogen) atoms. The number of fused-ring (bicyclic) bond motifs is 1. The molecule has 2 heterocycles. The minimum Gasteiger partial charge on any atom is -0.497 e. The third kappa shape index (κ3) is 7.86. The fourth-order valence-corrected chi connectivity index (χ4v) is 5.11. The summed E-state index contributed by atoms with van der Waals surface area (Å²) in [5.41, 5.74) is 6.89. The van der Waals surface area contributed by atoms with Crippen molar-refractivity contribution in [2.75, 3.05) is 32.9 Å². The summed E-state index contributed by atoms with van der Waals surface area (Å²) in [5.74, 6) is 0.561. The summed E-state index contributed by atoms with van der Waals surface area (Å²) in [5, 5.41) is 2.79. The van der Waals surface area contributed by atoms with Crippen LogP contribution in [0.3, 0.4) is 0 Å². The summed E-state index contributed by atoms with van der Waals surface area (Å²) in [7, 11) is -0.846. The molecule has 0 aliphatic heterocycles. The molecule has 202 valence electrons. The molecule has 3 aromatic rings. The Hall–Kier alpha value is -3.25. The summed E-state index contributed by atoms with van der Waals surface area (Å²) in [4.78, 5) is 25.0. The van der Waals surface area contributed by atoms with E-state index in [0.29, 0.717) is 29.2 Å². The van der Waals surface area contributed by atoms with E-state index < -0.39 is 25.6 Å². The van der Waals surface area contributed by atoms with Gasteiger partial charge in [-0.15, -0.1) is 0 Å². The maximum atomic E-state index is 14.0. The molecule has 3 rings (SSSR count). The lowest BCUT2D eigenvalue weighted by Crippen LogP contribution is -2.42. The average Bonchev–Trinajstić information content (AvgIpc) is 3.26. The second-order valence-corrected chi connectivity index (χ2v) is 10.5. The van der Waals surface area contributed by atoms with E-state index >= 15 is 0 Å². The second kappa shape index (κ2) is 12.8. The van der Waals surface area contributed by atoms with Crippen LogP contribution in [-0.2, 0) is 30.1 Å². The van der Waals surface area contributed by atoms with Crippen molar-refractivity contribution in [2.24, 2.45) is 0 Å². The van der Waals surface area contributed by atoms with E-state index in [1.165, 1.54) is 20.5 Å². The molecular formula is C23H33N6O7P. The number of aromatic nitrogens is 4. The predicted octanol–water partition coefficient (Wildman–Crippen LogP) is 2.61. The monoisotopic (exact) mass is 536 g/mol. The van der Waals surface area contributed by atoms with Gasteiger partial charge in [-0.25, -0.2) is 20.0 Å². The predicted molar refractivity (Wildman–Crippen MR) is 136 cm³/mol. The van der Waals surface area contributed by atoms with Gasteiger partial charge in [-0.05, 0) is 45.0 Å². The minimum absolute atomic E-state index is 0.0841. The van der Waals surface area contributed by atoms with Crippen LogP contribution in [-0.4, -0.2) is 70.9 Å². The van der Waals surface area contributed by atoms with E-state index in [-0.39, 0.29) is 24.9 Å². The van der Waals surface area contributed by atoms with Gasteiger partial charge in [0.1, 0.15) is 35.7 Å². The first-order chi connectivity index (χ1) is 17.6. The summed E-state index contributed by atoms with van der Waals surface area (Å²) in [6.07, 6.45) is 1.78. The number of ether oxygens (including phenoxy) is 4. The van der Waals surface area contributed by atoms with Crippen molar-refractivity contribution in [1.29, 1.82) is 0 Å². The van der Waals surface area contributed by atoms with E-state index in [2.05, 4.69) is 20.0 Å². The first kappa shape index (κ1) is 28.3. The largest absolute Gasteiger partial charge is 0.497 e. The first-order valence-corrected chi connectivity index (χ1v) is 13.4. The van der Waals surface area contributed by atoms with Gasteiger partial charge in [-0.1, -0.05) is 0 Å². The van der Waals surface area contributed by atoms with E-state index in [9.17, 15) is 9.36 Å². The summed E-state index contributed by atoms with van der Waals surface area (Å²) in [6, 6.07) is 5.50. The number of nitrogens with zero attached hydrogens (tertiary/aromatic N) is 4. The Kier molecular flexibility index (Phi) is 9.81. The molecule has 0 radical (unpaired) electrons. The Balaban J connectivity index is 1.77. The maximum absolute atomic E-state index is 14.0. The average molecular weight is 537 g/mol. The number of rotatable bonds is 14. The van der Waals surface area contributed by atoms with Gasteiger partial charge < -0.3 is 33.8 Å². The Morgan fingerprint density at radius 1 is 1.11 bits per heavy atom. The molecule has 2 aromatic heterocycles. The topological polar surface area (TPSA) is 162 Å². The van der Waals surface area contributed by atoms with Gasteiger partial charge in [-0.2, -0.15) is 0 Å². The number of benzene rings is 1. The fourth-order valence-electron chi connectivity index (χ4n) is 3.36. The number of esters is 1. The molecule has 0 saturated carbocycles. The summed E-state index contributed by atoms with van der Waals surface area (Å²) < 4.78 is 43.1. The highest BCUT2D eigenvalue weighted by atomic mass is 31.2. The number of hydrogen-bond acceptors (Lipinski definition) is 11. The fraction of sp³-hybridized carbons (Fsp3) is 0.478. The van der Waals surface area contributed by atoms with Crippen LogP contribution >= 0.6 is 7.52 Å². The molecule has 0 aliphatic carbocycles. The lowest BCUT2D eigenvalue weighted by atomic mass is 10.3. The van der Waals surface area contributed by atoms with Crippen LogP contribution in [0.2, 0.25) is 0 Å². The third-order valence-electron chi connectivity index (χ3n) is 5.05. The van der Waals surface area contributed by atoms with Crippen molar-refractivity contribution in [3.05, 3.63) is 36.9 Å². The second-order valence-electron chi connectivity index (χ2n) is 8.50. The van der Waals surface area contributed by atoms with Crippen LogP contribution in [0.1, 0.15) is 20.8 Å². The van der Waals surface area contributed by atoms with E-state index in [1.807, 2.05) is 0 Å². The molecule has 0 amide bonds. The number of nitrogen functional groups attached to an aromatic ring is 1. The molecule has 0 saturated heterocycles.